The summed E-state index contributed by atoms with van der Waals surface area (Å²) in [5.41, 5.74) is 12.0. The molecule has 0 spiro atoms. The first kappa shape index (κ1) is 30.3. The maximum absolute atomic E-state index is 14.0. The number of carbonyl (C=O) groups excluding carboxylic acids is 2. The quantitative estimate of drug-likeness (QED) is 0.0664. The molecule has 0 aromatic heterocycles. The second-order valence-electron chi connectivity index (χ2n) is 13.0. The SMILES string of the molecule is COc1ccc(N(CCc2ccccc2)C(=O)C(=[N+]=[N-])C(=O)O[C@H]2[C@@H](c3cccc4ccccc34)[C@]3(C)CC[C@@H]2C3(C)C)cc1. The predicted molar refractivity (Wildman–Crippen MR) is 175 cm³/mol. The van der Waals surface area contributed by atoms with Gasteiger partial charge >= 0.3 is 17.6 Å². The highest BCUT2D eigenvalue weighted by molar-refractivity contribution is 6.64. The summed E-state index contributed by atoms with van der Waals surface area (Å²) in [6.07, 6.45) is 1.97. The summed E-state index contributed by atoms with van der Waals surface area (Å²) < 4.78 is 11.6. The summed E-state index contributed by atoms with van der Waals surface area (Å²) >= 11 is 0. The van der Waals surface area contributed by atoms with Crippen molar-refractivity contribution in [2.45, 2.75) is 52.1 Å². The largest absolute Gasteiger partial charge is 0.497 e. The maximum Gasteiger partial charge on any atom is 0.463 e. The van der Waals surface area contributed by atoms with Crippen LogP contribution >= 0.6 is 0 Å². The van der Waals surface area contributed by atoms with Gasteiger partial charge in [-0.1, -0.05) is 93.6 Å². The van der Waals surface area contributed by atoms with Crippen LogP contribution in [-0.2, 0) is 20.7 Å². The van der Waals surface area contributed by atoms with Crippen LogP contribution in [0, 0.1) is 16.7 Å². The Kier molecular flexibility index (Phi) is 8.07. The van der Waals surface area contributed by atoms with Gasteiger partial charge in [0.2, 0.25) is 0 Å². The molecule has 4 atom stereocenters. The van der Waals surface area contributed by atoms with Crippen LogP contribution in [-0.4, -0.2) is 42.1 Å². The van der Waals surface area contributed by atoms with Gasteiger partial charge in [0.05, 0.1) is 7.11 Å². The predicted octanol–water partition coefficient (Wildman–Crippen LogP) is 7.25. The maximum atomic E-state index is 14.0. The Morgan fingerprint density at radius 2 is 1.60 bits per heavy atom. The van der Waals surface area contributed by atoms with Gasteiger partial charge in [0.1, 0.15) is 11.9 Å². The molecule has 6 rings (SSSR count). The number of ether oxygens (including phenoxy) is 2. The molecule has 0 heterocycles. The molecule has 7 heteroatoms. The summed E-state index contributed by atoms with van der Waals surface area (Å²) in [4.78, 5) is 32.7. The van der Waals surface area contributed by atoms with Crippen molar-refractivity contribution >= 4 is 34.0 Å². The molecule has 7 nitrogen and oxygen atoms in total. The molecule has 0 saturated heterocycles. The van der Waals surface area contributed by atoms with E-state index in [4.69, 9.17) is 9.47 Å². The number of carbonyl (C=O) groups is 2. The Morgan fingerprint density at radius 3 is 2.31 bits per heavy atom. The van der Waals surface area contributed by atoms with Crippen LogP contribution in [0.15, 0.2) is 97.1 Å². The molecule has 4 aromatic rings. The van der Waals surface area contributed by atoms with E-state index in [-0.39, 0.29) is 29.2 Å². The van der Waals surface area contributed by atoms with Gasteiger partial charge in [-0.15, -0.1) is 0 Å². The minimum Gasteiger partial charge on any atom is -0.497 e. The average Bonchev–Trinajstić information content (AvgIpc) is 3.38. The number of hydrogen-bond acceptors (Lipinski definition) is 4. The molecule has 230 valence electrons. The fourth-order valence-electron chi connectivity index (χ4n) is 7.95. The van der Waals surface area contributed by atoms with Gasteiger partial charge in [-0.25, -0.2) is 4.79 Å². The molecule has 0 radical (unpaired) electrons. The van der Waals surface area contributed by atoms with E-state index in [1.54, 1.807) is 31.4 Å². The highest BCUT2D eigenvalue weighted by Gasteiger charge is 2.68. The number of esters is 1. The fraction of sp³-hybridized carbons (Fsp3) is 0.342. The molecule has 0 N–H and O–H groups in total. The van der Waals surface area contributed by atoms with Crippen molar-refractivity contribution in [2.24, 2.45) is 16.7 Å². The lowest BCUT2D eigenvalue weighted by Crippen LogP contribution is -2.44. The Balaban J connectivity index is 1.32. The van der Waals surface area contributed by atoms with E-state index in [2.05, 4.69) is 55.9 Å². The highest BCUT2D eigenvalue weighted by atomic mass is 16.5. The van der Waals surface area contributed by atoms with Gasteiger partial charge < -0.3 is 19.9 Å². The molecule has 4 aromatic carbocycles. The van der Waals surface area contributed by atoms with Crippen molar-refractivity contribution < 1.29 is 23.9 Å². The number of methoxy groups -OCH3 is 1. The molecule has 2 bridgehead atoms. The van der Waals surface area contributed by atoms with E-state index in [0.29, 0.717) is 17.9 Å². The lowest BCUT2D eigenvalue weighted by Gasteiger charge is -2.40. The number of fused-ring (bicyclic) bond motifs is 3. The highest BCUT2D eigenvalue weighted by Crippen LogP contribution is 2.72. The van der Waals surface area contributed by atoms with E-state index < -0.39 is 23.7 Å². The number of nitrogens with zero attached hydrogens (tertiary/aromatic N) is 3. The monoisotopic (exact) mass is 601 g/mol. The van der Waals surface area contributed by atoms with E-state index in [1.165, 1.54) is 4.90 Å². The van der Waals surface area contributed by atoms with Crippen LogP contribution < -0.4 is 9.64 Å². The van der Waals surface area contributed by atoms with Crippen molar-refractivity contribution in [3.05, 3.63) is 114 Å². The van der Waals surface area contributed by atoms with Gasteiger partial charge in [-0.3, -0.25) is 4.79 Å². The normalized spacial score (nSPS) is 22.9. The number of rotatable bonds is 9. The van der Waals surface area contributed by atoms with Gasteiger partial charge in [0.25, 0.3) is 0 Å². The van der Waals surface area contributed by atoms with Crippen molar-refractivity contribution in [2.75, 3.05) is 18.6 Å². The average molecular weight is 602 g/mol. The third-order valence-corrected chi connectivity index (χ3v) is 10.8. The summed E-state index contributed by atoms with van der Waals surface area (Å²) in [7, 11) is 1.57. The molecule has 2 fully saturated rings. The van der Waals surface area contributed by atoms with E-state index in [0.717, 1.165) is 34.7 Å². The fourth-order valence-corrected chi connectivity index (χ4v) is 7.95. The zero-order chi connectivity index (χ0) is 31.8. The van der Waals surface area contributed by atoms with Crippen LogP contribution in [0.3, 0.4) is 0 Å². The molecule has 0 unspecified atom stereocenters. The van der Waals surface area contributed by atoms with Gasteiger partial charge in [-0.05, 0) is 76.3 Å². The Morgan fingerprint density at radius 1 is 0.911 bits per heavy atom. The van der Waals surface area contributed by atoms with Crippen molar-refractivity contribution in [3.8, 4) is 5.75 Å². The minimum absolute atomic E-state index is 0.0845. The van der Waals surface area contributed by atoms with E-state index in [1.807, 2.05) is 42.5 Å². The lowest BCUT2D eigenvalue weighted by molar-refractivity contribution is -0.151. The third-order valence-electron chi connectivity index (χ3n) is 10.8. The summed E-state index contributed by atoms with van der Waals surface area (Å²) in [6, 6.07) is 31.3. The second-order valence-corrected chi connectivity index (χ2v) is 13.0. The van der Waals surface area contributed by atoms with E-state index in [9.17, 15) is 15.1 Å². The Hall–Kier alpha value is -4.74. The van der Waals surface area contributed by atoms with Gasteiger partial charge in [0.15, 0.2) is 0 Å². The van der Waals surface area contributed by atoms with Crippen molar-refractivity contribution in [1.29, 1.82) is 0 Å². The van der Waals surface area contributed by atoms with Crippen LogP contribution in [0.5, 0.6) is 5.75 Å². The molecule has 1 amide bonds. The smallest absolute Gasteiger partial charge is 0.463 e. The summed E-state index contributed by atoms with van der Waals surface area (Å²) in [6.45, 7) is 7.08. The number of amides is 1. The molecular weight excluding hydrogens is 562 g/mol. The Bertz CT molecular complexity index is 1770. The van der Waals surface area contributed by atoms with Crippen molar-refractivity contribution in [1.82, 2.24) is 0 Å². The van der Waals surface area contributed by atoms with Crippen LogP contribution in [0.25, 0.3) is 16.3 Å². The van der Waals surface area contributed by atoms with Gasteiger partial charge in [-0.2, -0.15) is 4.79 Å². The zero-order valence-electron chi connectivity index (χ0n) is 26.3. The molecule has 2 aliphatic rings. The number of hydrogen-bond donors (Lipinski definition) is 0. The van der Waals surface area contributed by atoms with Gasteiger partial charge in [0, 0.05) is 24.1 Å². The lowest BCUT2D eigenvalue weighted by atomic mass is 9.64. The number of benzene rings is 4. The molecule has 2 aliphatic carbocycles. The van der Waals surface area contributed by atoms with E-state index >= 15 is 0 Å². The third kappa shape index (κ3) is 5.21. The van der Waals surface area contributed by atoms with Crippen LogP contribution in [0.1, 0.15) is 50.7 Å². The topological polar surface area (TPSA) is 92.2 Å². The Labute approximate surface area is 264 Å². The van der Waals surface area contributed by atoms with Crippen LogP contribution in [0.2, 0.25) is 0 Å². The van der Waals surface area contributed by atoms with Crippen LogP contribution in [0.4, 0.5) is 5.69 Å². The first-order valence-corrected chi connectivity index (χ1v) is 15.6. The number of anilines is 1. The minimum atomic E-state index is -0.914. The molecular formula is C38H39N3O4. The summed E-state index contributed by atoms with van der Waals surface area (Å²) in [5.74, 6) is -1.01. The zero-order valence-corrected chi connectivity index (χ0v) is 26.3. The molecule has 0 aliphatic heterocycles. The van der Waals surface area contributed by atoms with Crippen molar-refractivity contribution in [3.63, 3.8) is 0 Å². The summed E-state index contributed by atoms with van der Waals surface area (Å²) in [5, 5.41) is 2.26. The molecule has 2 saturated carbocycles. The standard InChI is InChI=1S/C38H39N3O4/c1-37(2)31-21-23-38(37,3)32(30-16-10-14-26-13-8-9-15-29(26)30)34(31)45-36(43)33(40-39)35(42)41(24-22-25-11-6-5-7-12-25)27-17-19-28(44-4)20-18-27/h5-20,31-32,34H,21-24H2,1-4H3/t31-,32+,34+,38-/m0/s1. The first-order valence-electron chi connectivity index (χ1n) is 15.6. The first-order chi connectivity index (χ1) is 21.7. The second kappa shape index (κ2) is 12.0. The molecule has 45 heavy (non-hydrogen) atoms.